The van der Waals surface area contributed by atoms with Gasteiger partial charge in [0.25, 0.3) is 5.91 Å². The summed E-state index contributed by atoms with van der Waals surface area (Å²) in [5, 5.41) is 0. The van der Waals surface area contributed by atoms with Crippen molar-refractivity contribution in [3.05, 3.63) is 29.8 Å². The molecule has 146 valence electrons. The third kappa shape index (κ3) is 4.92. The smallest absolute Gasteiger partial charge is 0.309 e. The van der Waals surface area contributed by atoms with Gasteiger partial charge < -0.3 is 9.64 Å². The number of ketones is 1. The minimum Gasteiger partial charge on any atom is -0.455 e. The number of fused-ring (bicyclic) bond motifs is 2. The summed E-state index contributed by atoms with van der Waals surface area (Å²) in [5.41, 5.74) is 1.04. The van der Waals surface area contributed by atoms with Crippen molar-refractivity contribution in [2.45, 2.75) is 43.5 Å². The predicted octanol–water partition coefficient (Wildman–Crippen LogP) is 3.31. The van der Waals surface area contributed by atoms with Gasteiger partial charge in [-0.2, -0.15) is 0 Å². The lowest BCUT2D eigenvalue weighted by molar-refractivity contribution is -0.158. The second-order valence-corrected chi connectivity index (χ2v) is 8.48. The molecule has 2 aliphatic rings. The number of likely N-dealkylation sites (N-methyl/N-ethyl adjacent to an activating group) is 1. The average molecular weight is 390 g/mol. The van der Waals surface area contributed by atoms with Crippen LogP contribution in [0.4, 0.5) is 0 Å². The Morgan fingerprint density at radius 2 is 1.78 bits per heavy atom. The van der Waals surface area contributed by atoms with Crippen LogP contribution in [0, 0.1) is 17.8 Å². The Kier molecular flexibility index (Phi) is 6.58. The van der Waals surface area contributed by atoms with E-state index in [1.807, 2.05) is 30.5 Å². The van der Waals surface area contributed by atoms with Crippen LogP contribution in [-0.4, -0.2) is 42.5 Å². The molecule has 2 saturated carbocycles. The number of ether oxygens (including phenoxy) is 1. The van der Waals surface area contributed by atoms with Gasteiger partial charge >= 0.3 is 5.97 Å². The molecule has 2 fully saturated rings. The molecular weight excluding hydrogens is 362 g/mol. The zero-order chi connectivity index (χ0) is 19.4. The molecule has 3 rings (SSSR count). The van der Waals surface area contributed by atoms with Gasteiger partial charge in [-0.05, 0) is 49.6 Å². The quantitative estimate of drug-likeness (QED) is 0.552. The van der Waals surface area contributed by atoms with E-state index < -0.39 is 0 Å². The van der Waals surface area contributed by atoms with Crippen molar-refractivity contribution < 1.29 is 19.1 Å². The third-order valence-corrected chi connectivity index (χ3v) is 6.47. The van der Waals surface area contributed by atoms with E-state index in [-0.39, 0.29) is 36.2 Å². The Labute approximate surface area is 164 Å². The molecule has 2 atom stereocenters. The van der Waals surface area contributed by atoms with Crippen LogP contribution in [0.1, 0.15) is 37.7 Å². The summed E-state index contributed by atoms with van der Waals surface area (Å²) in [4.78, 5) is 39.6. The molecule has 0 aliphatic heterocycles. The monoisotopic (exact) mass is 389 g/mol. The number of amides is 1. The van der Waals surface area contributed by atoms with E-state index >= 15 is 0 Å². The summed E-state index contributed by atoms with van der Waals surface area (Å²) in [5.74, 6) is -0.436. The van der Waals surface area contributed by atoms with Gasteiger partial charge in [-0.1, -0.05) is 18.6 Å². The van der Waals surface area contributed by atoms with Gasteiger partial charge in [0, 0.05) is 30.3 Å². The predicted molar refractivity (Wildman–Crippen MR) is 104 cm³/mol. The number of nitrogens with zero attached hydrogens (tertiary/aromatic N) is 1. The van der Waals surface area contributed by atoms with Crippen molar-refractivity contribution in [3.63, 3.8) is 0 Å². The highest BCUT2D eigenvalue weighted by atomic mass is 32.2. The Morgan fingerprint density at radius 1 is 1.15 bits per heavy atom. The van der Waals surface area contributed by atoms with Crippen LogP contribution in [0.15, 0.2) is 29.2 Å². The van der Waals surface area contributed by atoms with E-state index in [9.17, 15) is 14.4 Å². The lowest BCUT2D eigenvalue weighted by atomic mass is 9.67. The molecule has 0 aromatic heterocycles. The highest BCUT2D eigenvalue weighted by molar-refractivity contribution is 7.98. The molecule has 2 aliphatic carbocycles. The molecule has 27 heavy (non-hydrogen) atoms. The maximum Gasteiger partial charge on any atom is 0.309 e. The van der Waals surface area contributed by atoms with E-state index in [1.165, 1.54) is 4.90 Å². The SMILES string of the molecule is CSc1ccc(CN(C)C(=O)COC(=O)C2C[C@H]3CCC[C@H](C2)C3=O)cc1. The van der Waals surface area contributed by atoms with Gasteiger partial charge in [0.05, 0.1) is 5.92 Å². The number of thioether (sulfide) groups is 1. The zero-order valence-electron chi connectivity index (χ0n) is 16.0. The fourth-order valence-corrected chi connectivity index (χ4v) is 4.53. The zero-order valence-corrected chi connectivity index (χ0v) is 16.8. The fourth-order valence-electron chi connectivity index (χ4n) is 4.13. The standard InChI is InChI=1S/C21H27NO4S/c1-22(12-14-6-8-18(27-2)9-7-14)19(23)13-26-21(25)17-10-15-4-3-5-16(11-17)20(15)24/h6-9,15-17H,3-5,10-13H2,1-2H3/t15-,16-/m1/s1. The summed E-state index contributed by atoms with van der Waals surface area (Å²) in [7, 11) is 1.71. The first-order valence-corrected chi connectivity index (χ1v) is 10.8. The van der Waals surface area contributed by atoms with Gasteiger partial charge in [0.1, 0.15) is 5.78 Å². The molecule has 5 nitrogen and oxygen atoms in total. The van der Waals surface area contributed by atoms with Crippen LogP contribution in [0.3, 0.4) is 0 Å². The van der Waals surface area contributed by atoms with Crippen molar-refractivity contribution in [1.29, 1.82) is 0 Å². The number of rotatable bonds is 6. The van der Waals surface area contributed by atoms with Gasteiger partial charge in [-0.3, -0.25) is 14.4 Å². The molecular formula is C21H27NO4S. The van der Waals surface area contributed by atoms with E-state index in [0.29, 0.717) is 25.2 Å². The molecule has 1 aromatic rings. The molecule has 2 bridgehead atoms. The van der Waals surface area contributed by atoms with E-state index in [4.69, 9.17) is 4.74 Å². The Hall–Kier alpha value is -1.82. The van der Waals surface area contributed by atoms with E-state index in [2.05, 4.69) is 0 Å². The van der Waals surface area contributed by atoms with Crippen molar-refractivity contribution >= 4 is 29.4 Å². The summed E-state index contributed by atoms with van der Waals surface area (Å²) in [6.45, 7) is 0.241. The number of carbonyl (C=O) groups excluding carboxylic acids is 3. The maximum absolute atomic E-state index is 12.4. The number of Topliss-reactive ketones (excluding diaryl/α,β-unsaturated/α-hetero) is 1. The molecule has 1 aromatic carbocycles. The van der Waals surface area contributed by atoms with Crippen LogP contribution in [0.5, 0.6) is 0 Å². The summed E-state index contributed by atoms with van der Waals surface area (Å²) < 4.78 is 5.29. The van der Waals surface area contributed by atoms with Gasteiger partial charge in [0.15, 0.2) is 6.61 Å². The second-order valence-electron chi connectivity index (χ2n) is 7.60. The number of carbonyl (C=O) groups is 3. The molecule has 0 heterocycles. The van der Waals surface area contributed by atoms with Crippen molar-refractivity contribution in [2.75, 3.05) is 19.9 Å². The van der Waals surface area contributed by atoms with Crippen molar-refractivity contribution in [2.24, 2.45) is 17.8 Å². The van der Waals surface area contributed by atoms with Crippen LogP contribution < -0.4 is 0 Å². The Bertz CT molecular complexity index is 687. The summed E-state index contributed by atoms with van der Waals surface area (Å²) >= 11 is 1.67. The molecule has 0 radical (unpaired) electrons. The number of hydrogen-bond donors (Lipinski definition) is 0. The summed E-state index contributed by atoms with van der Waals surface area (Å²) in [6, 6.07) is 8.05. The van der Waals surface area contributed by atoms with E-state index in [0.717, 1.165) is 24.8 Å². The Morgan fingerprint density at radius 3 is 2.37 bits per heavy atom. The lowest BCUT2D eigenvalue weighted by Crippen LogP contribution is -2.40. The minimum atomic E-state index is -0.328. The van der Waals surface area contributed by atoms with Crippen LogP contribution in [-0.2, 0) is 25.7 Å². The molecule has 0 spiro atoms. The van der Waals surface area contributed by atoms with Crippen molar-refractivity contribution in [1.82, 2.24) is 4.90 Å². The first-order chi connectivity index (χ1) is 13.0. The van der Waals surface area contributed by atoms with E-state index in [1.54, 1.807) is 23.7 Å². The first kappa shape index (κ1) is 19.9. The van der Waals surface area contributed by atoms with Gasteiger partial charge in [-0.25, -0.2) is 0 Å². The molecule has 0 unspecified atom stereocenters. The van der Waals surface area contributed by atoms with Crippen LogP contribution in [0.2, 0.25) is 0 Å². The average Bonchev–Trinajstić information content (AvgIpc) is 2.66. The Balaban J connectivity index is 1.46. The summed E-state index contributed by atoms with van der Waals surface area (Å²) in [6.07, 6.45) is 6.03. The number of hydrogen-bond acceptors (Lipinski definition) is 5. The normalized spacial score (nSPS) is 24.4. The number of esters is 1. The molecule has 6 heteroatoms. The largest absolute Gasteiger partial charge is 0.455 e. The first-order valence-electron chi connectivity index (χ1n) is 9.55. The second kappa shape index (κ2) is 8.91. The third-order valence-electron chi connectivity index (χ3n) is 5.72. The molecule has 1 amide bonds. The minimum absolute atomic E-state index is 0.0117. The highest BCUT2D eigenvalue weighted by Gasteiger charge is 2.41. The molecule has 0 N–H and O–H groups in total. The fraction of sp³-hybridized carbons (Fsp3) is 0.571. The topological polar surface area (TPSA) is 63.7 Å². The highest BCUT2D eigenvalue weighted by Crippen LogP contribution is 2.40. The maximum atomic E-state index is 12.4. The van der Waals surface area contributed by atoms with Crippen LogP contribution >= 0.6 is 11.8 Å². The lowest BCUT2D eigenvalue weighted by Gasteiger charge is -2.36. The van der Waals surface area contributed by atoms with Crippen molar-refractivity contribution in [3.8, 4) is 0 Å². The van der Waals surface area contributed by atoms with Crippen LogP contribution in [0.25, 0.3) is 0 Å². The van der Waals surface area contributed by atoms with Gasteiger partial charge in [-0.15, -0.1) is 11.8 Å². The number of benzene rings is 1. The van der Waals surface area contributed by atoms with Gasteiger partial charge in [0.2, 0.25) is 0 Å². The molecule has 0 saturated heterocycles.